The van der Waals surface area contributed by atoms with Crippen LogP contribution < -0.4 is 15.5 Å². The first kappa shape index (κ1) is 22.2. The van der Waals surface area contributed by atoms with E-state index in [2.05, 4.69) is 34.4 Å². The van der Waals surface area contributed by atoms with Crippen molar-refractivity contribution in [3.8, 4) is 0 Å². The number of rotatable bonds is 6. The number of hydrogen-bond donors (Lipinski definition) is 3. The Bertz CT molecular complexity index is 1200. The summed E-state index contributed by atoms with van der Waals surface area (Å²) in [6, 6.07) is 2.24. The summed E-state index contributed by atoms with van der Waals surface area (Å²) in [4.78, 5) is 32.3. The molecule has 1 aliphatic heterocycles. The first-order valence-electron chi connectivity index (χ1n) is 11.4. The number of aromatic nitrogens is 5. The third-order valence-corrected chi connectivity index (χ3v) is 6.20. The smallest absolute Gasteiger partial charge is 0.247 e. The quantitative estimate of drug-likeness (QED) is 0.474. The number of β-amino-alcohol motifs (C(OH)–C–C–N with tert-alkyl or cyclic N) is 1. The average molecular weight is 467 g/mol. The molecule has 0 radical (unpaired) electrons. The average Bonchev–Trinajstić information content (AvgIpc) is 3.54. The number of imidazole rings is 1. The van der Waals surface area contributed by atoms with Crippen molar-refractivity contribution in [2.45, 2.75) is 57.7 Å². The van der Waals surface area contributed by atoms with Crippen molar-refractivity contribution in [1.29, 1.82) is 0 Å². The van der Waals surface area contributed by atoms with E-state index in [1.165, 1.54) is 18.3 Å². The molecule has 4 heterocycles. The molecule has 0 aromatic carbocycles. The van der Waals surface area contributed by atoms with Crippen molar-refractivity contribution in [2.75, 3.05) is 22.1 Å². The SMILES string of the molecule is CC(C)n1cnc(Nc2nc(N3C[C@@H](O)C[C@@H]3C(=O)Nc3ccc(F)nc3)nc3c2CCC3)c1. The minimum absolute atomic E-state index is 0.236. The van der Waals surface area contributed by atoms with E-state index in [-0.39, 0.29) is 24.9 Å². The molecule has 2 aliphatic rings. The van der Waals surface area contributed by atoms with Gasteiger partial charge in [-0.1, -0.05) is 0 Å². The highest BCUT2D eigenvalue weighted by Gasteiger charge is 2.38. The van der Waals surface area contributed by atoms with E-state index in [0.29, 0.717) is 23.3 Å². The van der Waals surface area contributed by atoms with E-state index in [1.54, 1.807) is 11.2 Å². The number of aliphatic hydroxyl groups excluding tert-OH is 1. The molecule has 0 unspecified atom stereocenters. The summed E-state index contributed by atoms with van der Waals surface area (Å²) in [5.41, 5.74) is 2.38. The molecule has 1 fully saturated rings. The first-order valence-corrected chi connectivity index (χ1v) is 11.4. The van der Waals surface area contributed by atoms with E-state index in [1.807, 2.05) is 10.8 Å². The second-order valence-electron chi connectivity index (χ2n) is 8.99. The number of carbonyl (C=O) groups excluding carboxylic acids is 1. The lowest BCUT2D eigenvalue weighted by atomic mass is 10.2. The van der Waals surface area contributed by atoms with Crippen molar-refractivity contribution in [3.63, 3.8) is 0 Å². The van der Waals surface area contributed by atoms with Gasteiger partial charge in [0, 0.05) is 30.8 Å². The van der Waals surface area contributed by atoms with Crippen LogP contribution in [0.4, 0.5) is 27.7 Å². The minimum atomic E-state index is -0.697. The number of carbonyl (C=O) groups is 1. The molecule has 34 heavy (non-hydrogen) atoms. The highest BCUT2D eigenvalue weighted by Crippen LogP contribution is 2.33. The first-order chi connectivity index (χ1) is 16.4. The van der Waals surface area contributed by atoms with E-state index in [0.717, 1.165) is 30.5 Å². The van der Waals surface area contributed by atoms with Crippen LogP contribution in [0.15, 0.2) is 30.9 Å². The van der Waals surface area contributed by atoms with Crippen LogP contribution in [0.1, 0.15) is 44.0 Å². The van der Waals surface area contributed by atoms with Crippen LogP contribution in [-0.4, -0.2) is 54.2 Å². The number of aryl methyl sites for hydroxylation is 1. The zero-order valence-electron chi connectivity index (χ0n) is 19.1. The number of fused-ring (bicyclic) bond motifs is 1. The molecule has 1 saturated heterocycles. The molecular weight excluding hydrogens is 439 g/mol. The predicted octanol–water partition coefficient (Wildman–Crippen LogP) is 2.60. The predicted molar refractivity (Wildman–Crippen MR) is 125 cm³/mol. The summed E-state index contributed by atoms with van der Waals surface area (Å²) in [5.74, 6) is 0.794. The highest BCUT2D eigenvalue weighted by molar-refractivity contribution is 5.97. The summed E-state index contributed by atoms with van der Waals surface area (Å²) >= 11 is 0. The van der Waals surface area contributed by atoms with Crippen LogP contribution in [0.3, 0.4) is 0 Å². The molecule has 2 atom stereocenters. The molecule has 1 aliphatic carbocycles. The fraction of sp³-hybridized carbons (Fsp3) is 0.435. The summed E-state index contributed by atoms with van der Waals surface area (Å²) in [6.45, 7) is 4.40. The fourth-order valence-electron chi connectivity index (χ4n) is 4.41. The maximum absolute atomic E-state index is 13.1. The normalized spacial score (nSPS) is 19.5. The molecule has 5 rings (SSSR count). The molecule has 3 N–H and O–H groups in total. The Kier molecular flexibility index (Phi) is 5.86. The van der Waals surface area contributed by atoms with Crippen LogP contribution in [0, 0.1) is 5.95 Å². The second kappa shape index (κ2) is 8.98. The summed E-state index contributed by atoms with van der Waals surface area (Å²) in [5, 5.41) is 16.4. The molecule has 178 valence electrons. The van der Waals surface area contributed by atoms with Crippen LogP contribution in [-0.2, 0) is 17.6 Å². The van der Waals surface area contributed by atoms with Gasteiger partial charge in [0.2, 0.25) is 17.8 Å². The fourth-order valence-corrected chi connectivity index (χ4v) is 4.41. The van der Waals surface area contributed by atoms with Gasteiger partial charge in [-0.25, -0.2) is 15.0 Å². The van der Waals surface area contributed by atoms with Gasteiger partial charge < -0.3 is 25.2 Å². The molecule has 0 saturated carbocycles. The lowest BCUT2D eigenvalue weighted by Gasteiger charge is -2.25. The Balaban J connectivity index is 1.42. The van der Waals surface area contributed by atoms with Gasteiger partial charge in [0.05, 0.1) is 30.0 Å². The van der Waals surface area contributed by atoms with Crippen LogP contribution >= 0.6 is 0 Å². The topological polar surface area (TPSA) is 121 Å². The Morgan fingerprint density at radius 2 is 2.09 bits per heavy atom. The largest absolute Gasteiger partial charge is 0.391 e. The minimum Gasteiger partial charge on any atom is -0.391 e. The number of nitrogens with one attached hydrogen (secondary N) is 2. The zero-order valence-corrected chi connectivity index (χ0v) is 19.1. The van der Waals surface area contributed by atoms with Gasteiger partial charge in [-0.15, -0.1) is 0 Å². The molecule has 3 aromatic heterocycles. The molecule has 1 amide bonds. The standard InChI is InChI=1S/C23H27FN8O2/c1-13(2)31-11-20(26-12-31)29-21-16-4-3-5-17(16)28-23(30-21)32-10-15(33)8-18(32)22(34)27-14-6-7-19(24)25-9-14/h6-7,9,11-13,15,18,33H,3-5,8,10H2,1-2H3,(H,27,34)(H,28,29,30)/t15-,18+/m0/s1. The van der Waals surface area contributed by atoms with Crippen LogP contribution in [0.2, 0.25) is 0 Å². The Labute approximate surface area is 196 Å². The second-order valence-corrected chi connectivity index (χ2v) is 8.99. The monoisotopic (exact) mass is 466 g/mol. The summed E-state index contributed by atoms with van der Waals surface area (Å²) < 4.78 is 15.1. The molecule has 10 nitrogen and oxygen atoms in total. The number of amides is 1. The van der Waals surface area contributed by atoms with Crippen LogP contribution in [0.25, 0.3) is 0 Å². The van der Waals surface area contributed by atoms with Gasteiger partial charge in [-0.3, -0.25) is 4.79 Å². The Morgan fingerprint density at radius 1 is 1.24 bits per heavy atom. The van der Waals surface area contributed by atoms with Crippen molar-refractivity contribution < 1.29 is 14.3 Å². The maximum Gasteiger partial charge on any atom is 0.247 e. The van der Waals surface area contributed by atoms with Gasteiger partial charge in [0.25, 0.3) is 0 Å². The van der Waals surface area contributed by atoms with E-state index < -0.39 is 18.1 Å². The van der Waals surface area contributed by atoms with Gasteiger partial charge in [-0.05, 0) is 45.2 Å². The van der Waals surface area contributed by atoms with Crippen molar-refractivity contribution in [1.82, 2.24) is 24.5 Å². The lowest BCUT2D eigenvalue weighted by molar-refractivity contribution is -0.117. The number of aliphatic hydroxyl groups is 1. The van der Waals surface area contributed by atoms with Crippen molar-refractivity contribution >= 4 is 29.2 Å². The Morgan fingerprint density at radius 3 is 2.82 bits per heavy atom. The van der Waals surface area contributed by atoms with Gasteiger partial charge >= 0.3 is 0 Å². The van der Waals surface area contributed by atoms with E-state index in [9.17, 15) is 14.3 Å². The van der Waals surface area contributed by atoms with Gasteiger partial charge in [0.15, 0.2) is 0 Å². The highest BCUT2D eigenvalue weighted by atomic mass is 19.1. The van der Waals surface area contributed by atoms with E-state index in [4.69, 9.17) is 9.97 Å². The van der Waals surface area contributed by atoms with Gasteiger partial charge in [-0.2, -0.15) is 9.37 Å². The number of halogens is 1. The maximum atomic E-state index is 13.1. The molecule has 0 bridgehead atoms. The van der Waals surface area contributed by atoms with Gasteiger partial charge in [0.1, 0.15) is 17.7 Å². The molecule has 3 aromatic rings. The number of nitrogens with zero attached hydrogens (tertiary/aromatic N) is 6. The zero-order chi connectivity index (χ0) is 23.8. The van der Waals surface area contributed by atoms with Crippen molar-refractivity contribution in [2.24, 2.45) is 0 Å². The number of anilines is 4. The lowest BCUT2D eigenvalue weighted by Crippen LogP contribution is -2.40. The molecular formula is C23H27FN8O2. The third-order valence-electron chi connectivity index (χ3n) is 6.20. The third kappa shape index (κ3) is 4.43. The van der Waals surface area contributed by atoms with Crippen LogP contribution in [0.5, 0.6) is 0 Å². The molecule has 11 heteroatoms. The van der Waals surface area contributed by atoms with Crippen molar-refractivity contribution in [3.05, 3.63) is 48.1 Å². The number of hydrogen-bond acceptors (Lipinski definition) is 8. The summed E-state index contributed by atoms with van der Waals surface area (Å²) in [7, 11) is 0. The molecule has 0 spiro atoms. The summed E-state index contributed by atoms with van der Waals surface area (Å²) in [6.07, 6.45) is 7.18. The van der Waals surface area contributed by atoms with E-state index >= 15 is 0 Å². The number of pyridine rings is 1. The Hall–Kier alpha value is -3.60.